The van der Waals surface area contributed by atoms with Crippen molar-refractivity contribution in [2.45, 2.75) is 32.6 Å². The van der Waals surface area contributed by atoms with E-state index in [1.807, 2.05) is 29.0 Å². The van der Waals surface area contributed by atoms with Crippen LogP contribution < -0.4 is 4.74 Å². The molecule has 2 amide bonds. The van der Waals surface area contributed by atoms with E-state index in [-0.39, 0.29) is 17.7 Å². The van der Waals surface area contributed by atoms with Crippen LogP contribution in [-0.4, -0.2) is 55.4 Å². The third kappa shape index (κ3) is 4.49. The molecule has 1 aromatic carbocycles. The first-order valence-corrected chi connectivity index (χ1v) is 8.75. The van der Waals surface area contributed by atoms with Crippen LogP contribution in [0.2, 0.25) is 0 Å². The molecular weight excluding hydrogens is 304 g/mol. The van der Waals surface area contributed by atoms with Crippen LogP contribution in [0.25, 0.3) is 0 Å². The smallest absolute Gasteiger partial charge is 0.253 e. The lowest BCUT2D eigenvalue weighted by atomic mass is 9.94. The summed E-state index contributed by atoms with van der Waals surface area (Å²) in [5.74, 6) is 0.959. The number of unbranched alkanes of at least 4 members (excludes halogenated alkanes) is 1. The third-order valence-electron chi connectivity index (χ3n) is 4.67. The summed E-state index contributed by atoms with van der Waals surface area (Å²) in [7, 11) is 3.47. The molecular formula is C19H28N2O3. The van der Waals surface area contributed by atoms with Gasteiger partial charge in [0.1, 0.15) is 5.75 Å². The summed E-state index contributed by atoms with van der Waals surface area (Å²) in [6.45, 7) is 4.21. The number of amides is 2. The molecule has 5 heteroatoms. The Labute approximate surface area is 144 Å². The summed E-state index contributed by atoms with van der Waals surface area (Å²) in [6.07, 6.45) is 3.61. The van der Waals surface area contributed by atoms with Gasteiger partial charge in [-0.2, -0.15) is 0 Å². The Bertz CT molecular complexity index is 565. The summed E-state index contributed by atoms with van der Waals surface area (Å²) in [4.78, 5) is 28.7. The number of nitrogens with zero attached hydrogens (tertiary/aromatic N) is 2. The maximum Gasteiger partial charge on any atom is 0.253 e. The average molecular weight is 332 g/mol. The van der Waals surface area contributed by atoms with Crippen LogP contribution in [0.15, 0.2) is 24.3 Å². The molecule has 0 bridgehead atoms. The molecule has 0 saturated carbocycles. The van der Waals surface area contributed by atoms with E-state index in [0.717, 1.165) is 32.2 Å². The number of benzene rings is 1. The highest BCUT2D eigenvalue weighted by molar-refractivity contribution is 5.94. The Morgan fingerprint density at radius 3 is 2.62 bits per heavy atom. The van der Waals surface area contributed by atoms with Gasteiger partial charge in [-0.1, -0.05) is 19.4 Å². The van der Waals surface area contributed by atoms with Gasteiger partial charge >= 0.3 is 0 Å². The molecule has 24 heavy (non-hydrogen) atoms. The first-order chi connectivity index (χ1) is 11.6. The lowest BCUT2D eigenvalue weighted by Gasteiger charge is -2.33. The minimum atomic E-state index is 0.0131. The summed E-state index contributed by atoms with van der Waals surface area (Å²) in [5, 5.41) is 0. The highest BCUT2D eigenvalue weighted by Gasteiger charge is 2.29. The van der Waals surface area contributed by atoms with E-state index in [1.54, 1.807) is 19.2 Å². The predicted octanol–water partition coefficient (Wildman–Crippen LogP) is 2.81. The number of carbonyl (C=O) groups is 2. The largest absolute Gasteiger partial charge is 0.497 e. The first-order valence-electron chi connectivity index (χ1n) is 8.75. The van der Waals surface area contributed by atoms with Crippen molar-refractivity contribution in [3.8, 4) is 5.75 Å². The molecule has 2 rings (SSSR count). The van der Waals surface area contributed by atoms with Gasteiger partial charge in [0.2, 0.25) is 5.91 Å². The Kier molecular flexibility index (Phi) is 6.64. The summed E-state index contributed by atoms with van der Waals surface area (Å²) < 4.78 is 5.18. The number of carbonyl (C=O) groups excluding carboxylic acids is 2. The quantitative estimate of drug-likeness (QED) is 0.805. The van der Waals surface area contributed by atoms with Crippen LogP contribution >= 0.6 is 0 Å². The molecule has 1 aromatic rings. The van der Waals surface area contributed by atoms with Crippen LogP contribution in [0, 0.1) is 5.92 Å². The molecule has 5 nitrogen and oxygen atoms in total. The van der Waals surface area contributed by atoms with E-state index < -0.39 is 0 Å². The van der Waals surface area contributed by atoms with Crippen LogP contribution in [0.4, 0.5) is 0 Å². The highest BCUT2D eigenvalue weighted by atomic mass is 16.5. The molecule has 132 valence electrons. The second kappa shape index (κ2) is 8.71. The Morgan fingerprint density at radius 1 is 1.29 bits per heavy atom. The van der Waals surface area contributed by atoms with Gasteiger partial charge in [0.25, 0.3) is 5.91 Å². The molecule has 0 aliphatic carbocycles. The zero-order chi connectivity index (χ0) is 17.5. The van der Waals surface area contributed by atoms with Crippen molar-refractivity contribution in [1.82, 2.24) is 9.80 Å². The molecule has 1 aliphatic rings. The van der Waals surface area contributed by atoms with Crippen molar-refractivity contribution in [3.63, 3.8) is 0 Å². The van der Waals surface area contributed by atoms with Gasteiger partial charge in [-0.15, -0.1) is 0 Å². The van der Waals surface area contributed by atoms with Crippen molar-refractivity contribution in [2.24, 2.45) is 5.92 Å². The van der Waals surface area contributed by atoms with E-state index in [0.29, 0.717) is 24.4 Å². The lowest BCUT2D eigenvalue weighted by molar-refractivity contribution is -0.135. The van der Waals surface area contributed by atoms with Crippen molar-refractivity contribution >= 4 is 11.8 Å². The first kappa shape index (κ1) is 18.3. The van der Waals surface area contributed by atoms with Crippen molar-refractivity contribution in [2.75, 3.05) is 33.8 Å². The van der Waals surface area contributed by atoms with Crippen LogP contribution in [0.1, 0.15) is 43.0 Å². The molecule has 0 N–H and O–H groups in total. The van der Waals surface area contributed by atoms with Crippen molar-refractivity contribution < 1.29 is 14.3 Å². The Hall–Kier alpha value is -2.04. The number of likely N-dealkylation sites (tertiary alicyclic amines) is 1. The maximum absolute atomic E-state index is 12.6. The number of piperidine rings is 1. The summed E-state index contributed by atoms with van der Waals surface area (Å²) >= 11 is 0. The topological polar surface area (TPSA) is 49.9 Å². The average Bonchev–Trinajstić information content (AvgIpc) is 2.65. The fourth-order valence-electron chi connectivity index (χ4n) is 3.09. The van der Waals surface area contributed by atoms with Crippen molar-refractivity contribution in [3.05, 3.63) is 29.8 Å². The standard InChI is InChI=1S/C19H28N2O3/c1-4-5-11-20(2)18(22)15-9-12-21(13-10-15)19(23)16-7-6-8-17(14-16)24-3/h6-8,14-15H,4-5,9-13H2,1-3H3. The van der Waals surface area contributed by atoms with Crippen LogP contribution in [0.3, 0.4) is 0 Å². The summed E-state index contributed by atoms with van der Waals surface area (Å²) in [5.41, 5.74) is 0.638. The third-order valence-corrected chi connectivity index (χ3v) is 4.67. The van der Waals surface area contributed by atoms with Gasteiger partial charge in [0.15, 0.2) is 0 Å². The van der Waals surface area contributed by atoms with Crippen LogP contribution in [0.5, 0.6) is 5.75 Å². The second-order valence-corrected chi connectivity index (χ2v) is 6.41. The van der Waals surface area contributed by atoms with E-state index in [9.17, 15) is 9.59 Å². The molecule has 1 saturated heterocycles. The fraction of sp³-hybridized carbons (Fsp3) is 0.579. The van der Waals surface area contributed by atoms with E-state index in [2.05, 4.69) is 6.92 Å². The molecule has 0 aromatic heterocycles. The van der Waals surface area contributed by atoms with Gasteiger partial charge < -0.3 is 14.5 Å². The minimum absolute atomic E-state index is 0.0131. The van der Waals surface area contributed by atoms with Gasteiger partial charge in [-0.3, -0.25) is 9.59 Å². The number of ether oxygens (including phenoxy) is 1. The van der Waals surface area contributed by atoms with Gasteiger partial charge in [-0.25, -0.2) is 0 Å². The number of hydrogen-bond acceptors (Lipinski definition) is 3. The van der Waals surface area contributed by atoms with Gasteiger partial charge in [0, 0.05) is 38.2 Å². The highest BCUT2D eigenvalue weighted by Crippen LogP contribution is 2.22. The minimum Gasteiger partial charge on any atom is -0.497 e. The van der Waals surface area contributed by atoms with E-state index in [1.165, 1.54) is 0 Å². The number of methoxy groups -OCH3 is 1. The Balaban J connectivity index is 1.89. The molecule has 1 aliphatic heterocycles. The van der Waals surface area contributed by atoms with Crippen LogP contribution in [-0.2, 0) is 4.79 Å². The van der Waals surface area contributed by atoms with Crippen molar-refractivity contribution in [1.29, 1.82) is 0 Å². The molecule has 0 atom stereocenters. The fourth-order valence-corrected chi connectivity index (χ4v) is 3.09. The molecule has 1 fully saturated rings. The normalized spacial score (nSPS) is 15.2. The zero-order valence-corrected chi connectivity index (χ0v) is 15.0. The second-order valence-electron chi connectivity index (χ2n) is 6.41. The van der Waals surface area contributed by atoms with Gasteiger partial charge in [-0.05, 0) is 37.5 Å². The predicted molar refractivity (Wildman–Crippen MR) is 94.2 cm³/mol. The molecule has 0 unspecified atom stereocenters. The lowest BCUT2D eigenvalue weighted by Crippen LogP contribution is -2.43. The SMILES string of the molecule is CCCCN(C)C(=O)C1CCN(C(=O)c2cccc(OC)c2)CC1. The zero-order valence-electron chi connectivity index (χ0n) is 15.0. The number of hydrogen-bond donors (Lipinski definition) is 0. The molecule has 0 radical (unpaired) electrons. The monoisotopic (exact) mass is 332 g/mol. The van der Waals surface area contributed by atoms with Gasteiger partial charge in [0.05, 0.1) is 7.11 Å². The Morgan fingerprint density at radius 2 is 2.00 bits per heavy atom. The summed E-state index contributed by atoms with van der Waals surface area (Å²) in [6, 6.07) is 7.22. The molecule has 1 heterocycles. The maximum atomic E-state index is 12.6. The number of rotatable bonds is 6. The van der Waals surface area contributed by atoms with E-state index in [4.69, 9.17) is 4.74 Å². The van der Waals surface area contributed by atoms with E-state index >= 15 is 0 Å². The molecule has 0 spiro atoms.